The zero-order chi connectivity index (χ0) is 18.7. The molecule has 0 radical (unpaired) electrons. The van der Waals surface area contributed by atoms with Gasteiger partial charge in [-0.25, -0.2) is 0 Å². The van der Waals surface area contributed by atoms with Crippen LogP contribution in [0.1, 0.15) is 22.8 Å². The first-order valence-electron chi connectivity index (χ1n) is 8.22. The Morgan fingerprint density at radius 1 is 1.31 bits per heavy atom. The Morgan fingerprint density at radius 2 is 2.08 bits per heavy atom. The average Bonchev–Trinajstić information content (AvgIpc) is 2.97. The fourth-order valence-corrected chi connectivity index (χ4v) is 4.57. The Bertz CT molecular complexity index is 1030. The summed E-state index contributed by atoms with van der Waals surface area (Å²) in [6.45, 7) is 5.77. The molecule has 0 N–H and O–H groups in total. The quantitative estimate of drug-likeness (QED) is 0.364. The molecule has 0 aliphatic carbocycles. The first-order chi connectivity index (χ1) is 12.5. The second-order valence-corrected chi connectivity index (χ2v) is 8.23. The summed E-state index contributed by atoms with van der Waals surface area (Å²) >= 11 is 9.96. The summed E-state index contributed by atoms with van der Waals surface area (Å²) in [4.78, 5) is 17.8. The molecule has 2 aromatic carbocycles. The third-order valence-electron chi connectivity index (χ3n) is 3.99. The highest BCUT2D eigenvalue weighted by Crippen LogP contribution is 2.27. The summed E-state index contributed by atoms with van der Waals surface area (Å²) in [5.74, 6) is -0.240. The van der Waals surface area contributed by atoms with Crippen molar-refractivity contribution in [3.05, 3.63) is 60.9 Å². The van der Waals surface area contributed by atoms with Gasteiger partial charge in [-0.3, -0.25) is 4.79 Å². The lowest BCUT2D eigenvalue weighted by molar-refractivity contribution is 0.0996. The largest absolute Gasteiger partial charge is 0.380 e. The number of rotatable bonds is 5. The molecule has 0 bridgehead atoms. The van der Waals surface area contributed by atoms with Crippen molar-refractivity contribution in [2.24, 2.45) is 4.99 Å². The summed E-state index contributed by atoms with van der Waals surface area (Å²) in [5.41, 5.74) is 2.60. The van der Waals surface area contributed by atoms with E-state index in [0.29, 0.717) is 35.1 Å². The van der Waals surface area contributed by atoms with E-state index < -0.39 is 0 Å². The molecule has 1 amide bonds. The number of nitrogens with zero attached hydrogens (tertiary/aromatic N) is 2. The predicted molar refractivity (Wildman–Crippen MR) is 115 cm³/mol. The topological polar surface area (TPSA) is 43.6 Å². The maximum atomic E-state index is 12.7. The maximum Gasteiger partial charge on any atom is 0.280 e. The molecule has 3 aromatic rings. The van der Waals surface area contributed by atoms with Gasteiger partial charge in [-0.1, -0.05) is 35.1 Å². The lowest BCUT2D eigenvalue weighted by Crippen LogP contribution is -2.20. The fraction of sp³-hybridized carbons (Fsp3) is 0.263. The molecular formula is C19H18ClIN2O2S. The van der Waals surface area contributed by atoms with Crippen LogP contribution in [-0.4, -0.2) is 23.7 Å². The maximum absolute atomic E-state index is 12.7. The minimum Gasteiger partial charge on any atom is -0.380 e. The number of halogens is 2. The number of benzene rings is 2. The summed E-state index contributed by atoms with van der Waals surface area (Å²) < 4.78 is 9.49. The zero-order valence-corrected chi connectivity index (χ0v) is 18.2. The molecule has 0 aliphatic heterocycles. The average molecular weight is 501 g/mol. The molecule has 3 rings (SSSR count). The molecule has 0 fully saturated rings. The Morgan fingerprint density at radius 3 is 2.81 bits per heavy atom. The van der Waals surface area contributed by atoms with Crippen LogP contribution in [0.4, 0.5) is 0 Å². The second-order valence-electron chi connectivity index (χ2n) is 5.65. The first-order valence-corrected chi connectivity index (χ1v) is 10.5. The van der Waals surface area contributed by atoms with Crippen molar-refractivity contribution < 1.29 is 9.53 Å². The number of hydrogen-bond acceptors (Lipinski definition) is 3. The molecule has 0 saturated carbocycles. The van der Waals surface area contributed by atoms with Gasteiger partial charge in [0.25, 0.3) is 5.91 Å². The first kappa shape index (κ1) is 19.5. The minimum atomic E-state index is -0.240. The fourth-order valence-electron chi connectivity index (χ4n) is 2.69. The number of carbonyl (C=O) groups excluding carboxylic acids is 1. The highest BCUT2D eigenvalue weighted by Gasteiger charge is 2.14. The normalized spacial score (nSPS) is 12.1. The summed E-state index contributed by atoms with van der Waals surface area (Å²) in [7, 11) is 0. The smallest absolute Gasteiger partial charge is 0.280 e. The Labute approximate surface area is 174 Å². The molecule has 0 atom stereocenters. The van der Waals surface area contributed by atoms with Crippen LogP contribution < -0.4 is 4.80 Å². The van der Waals surface area contributed by atoms with Crippen LogP contribution in [0.2, 0.25) is 5.02 Å². The summed E-state index contributed by atoms with van der Waals surface area (Å²) in [6, 6.07) is 11.3. The lowest BCUT2D eigenvalue weighted by Gasteiger charge is -2.08. The number of fused-ring (bicyclic) bond motifs is 1. The monoisotopic (exact) mass is 500 g/mol. The van der Waals surface area contributed by atoms with Crippen molar-refractivity contribution >= 4 is 61.7 Å². The zero-order valence-electron chi connectivity index (χ0n) is 14.5. The summed E-state index contributed by atoms with van der Waals surface area (Å²) in [5, 5.41) is 0.705. The van der Waals surface area contributed by atoms with Gasteiger partial charge < -0.3 is 9.30 Å². The molecule has 1 heterocycles. The molecule has 4 nitrogen and oxygen atoms in total. The molecule has 1 aromatic heterocycles. The molecule has 26 heavy (non-hydrogen) atoms. The molecule has 7 heteroatoms. The van der Waals surface area contributed by atoms with E-state index in [-0.39, 0.29) is 5.91 Å². The number of thiazole rings is 1. The predicted octanol–water partition coefficient (Wildman–Crippen LogP) is 5.05. The van der Waals surface area contributed by atoms with Gasteiger partial charge in [0.1, 0.15) is 0 Å². The van der Waals surface area contributed by atoms with E-state index in [9.17, 15) is 4.79 Å². The molecule has 0 aliphatic rings. The van der Waals surface area contributed by atoms with Crippen LogP contribution in [0.5, 0.6) is 0 Å². The van der Waals surface area contributed by atoms with Gasteiger partial charge in [0.05, 0.1) is 22.4 Å². The van der Waals surface area contributed by atoms with Gasteiger partial charge in [0.15, 0.2) is 4.80 Å². The Hall–Kier alpha value is -1.22. The minimum absolute atomic E-state index is 0.240. The molecule has 0 spiro atoms. The van der Waals surface area contributed by atoms with Crippen molar-refractivity contribution in [3.8, 4) is 0 Å². The van der Waals surface area contributed by atoms with Crippen LogP contribution in [-0.2, 0) is 11.3 Å². The van der Waals surface area contributed by atoms with Crippen molar-refractivity contribution in [1.29, 1.82) is 0 Å². The Balaban J connectivity index is 2.15. The number of ether oxygens (including phenoxy) is 1. The lowest BCUT2D eigenvalue weighted by atomic mass is 10.2. The van der Waals surface area contributed by atoms with Gasteiger partial charge in [-0.15, -0.1) is 0 Å². The van der Waals surface area contributed by atoms with Crippen LogP contribution in [0.3, 0.4) is 0 Å². The highest BCUT2D eigenvalue weighted by molar-refractivity contribution is 14.1. The number of aryl methyl sites for hydroxylation is 1. The van der Waals surface area contributed by atoms with E-state index >= 15 is 0 Å². The van der Waals surface area contributed by atoms with Crippen molar-refractivity contribution in [1.82, 2.24) is 4.57 Å². The molecular weight excluding hydrogens is 483 g/mol. The molecule has 0 unspecified atom stereocenters. The van der Waals surface area contributed by atoms with Crippen LogP contribution >= 0.6 is 45.5 Å². The molecule has 136 valence electrons. The van der Waals surface area contributed by atoms with Gasteiger partial charge in [0, 0.05) is 21.7 Å². The highest BCUT2D eigenvalue weighted by atomic mass is 127. The van der Waals surface area contributed by atoms with Crippen LogP contribution in [0, 0.1) is 10.5 Å². The number of amides is 1. The van der Waals surface area contributed by atoms with Gasteiger partial charge in [-0.2, -0.15) is 4.99 Å². The van der Waals surface area contributed by atoms with E-state index in [4.69, 9.17) is 16.3 Å². The van der Waals surface area contributed by atoms with Crippen molar-refractivity contribution in [3.63, 3.8) is 0 Å². The van der Waals surface area contributed by atoms with E-state index in [1.165, 1.54) is 11.3 Å². The van der Waals surface area contributed by atoms with Gasteiger partial charge in [0.2, 0.25) is 0 Å². The summed E-state index contributed by atoms with van der Waals surface area (Å²) in [6.07, 6.45) is 0. The SMILES string of the molecule is CCOCCn1c(=NC(=O)c2ccccc2I)sc2ccc(Cl)c(C)c21. The number of hydrogen-bond donors (Lipinski definition) is 0. The van der Waals surface area contributed by atoms with E-state index in [2.05, 4.69) is 27.6 Å². The van der Waals surface area contributed by atoms with Crippen LogP contribution in [0.25, 0.3) is 10.2 Å². The van der Waals surface area contributed by atoms with E-state index in [1.807, 2.05) is 48.7 Å². The van der Waals surface area contributed by atoms with Crippen LogP contribution in [0.15, 0.2) is 41.4 Å². The Kier molecular flexibility index (Phi) is 6.50. The third-order valence-corrected chi connectivity index (χ3v) is 6.39. The number of aromatic nitrogens is 1. The van der Waals surface area contributed by atoms with Gasteiger partial charge in [-0.05, 0) is 66.3 Å². The van der Waals surface area contributed by atoms with E-state index in [1.54, 1.807) is 6.07 Å². The van der Waals surface area contributed by atoms with E-state index in [0.717, 1.165) is 19.4 Å². The van der Waals surface area contributed by atoms with Crippen molar-refractivity contribution in [2.45, 2.75) is 20.4 Å². The van der Waals surface area contributed by atoms with Crippen molar-refractivity contribution in [2.75, 3.05) is 13.2 Å². The standard InChI is InChI=1S/C19H18ClIN2O2S/c1-3-25-11-10-23-17-12(2)14(20)8-9-16(17)26-19(23)22-18(24)13-6-4-5-7-15(13)21/h4-9H,3,10-11H2,1-2H3. The molecule has 0 saturated heterocycles. The van der Waals surface area contributed by atoms with Gasteiger partial charge >= 0.3 is 0 Å². The third kappa shape index (κ3) is 4.03. The second kappa shape index (κ2) is 8.65. The number of carbonyl (C=O) groups is 1.